The van der Waals surface area contributed by atoms with Crippen molar-refractivity contribution in [3.63, 3.8) is 0 Å². The van der Waals surface area contributed by atoms with Crippen LogP contribution in [0, 0.1) is 6.92 Å². The second kappa shape index (κ2) is 9.99. The first-order valence-electron chi connectivity index (χ1n) is 11.3. The van der Waals surface area contributed by atoms with E-state index in [2.05, 4.69) is 5.32 Å². The molecule has 0 bridgehead atoms. The maximum absolute atomic E-state index is 13.4. The van der Waals surface area contributed by atoms with Crippen molar-refractivity contribution in [1.29, 1.82) is 0 Å². The van der Waals surface area contributed by atoms with Crippen LogP contribution in [0.15, 0.2) is 113 Å². The van der Waals surface area contributed by atoms with E-state index >= 15 is 0 Å². The molecule has 5 nitrogen and oxygen atoms in total. The highest BCUT2D eigenvalue weighted by molar-refractivity contribution is 7.99. The van der Waals surface area contributed by atoms with Crippen LogP contribution in [-0.4, -0.2) is 21.2 Å². The van der Waals surface area contributed by atoms with Gasteiger partial charge >= 0.3 is 0 Å². The first-order chi connectivity index (χ1) is 17.1. The third-order valence-electron chi connectivity index (χ3n) is 5.72. The summed E-state index contributed by atoms with van der Waals surface area (Å²) in [5.41, 5.74) is 4.89. The number of aromatic nitrogens is 2. The van der Waals surface area contributed by atoms with Crippen LogP contribution in [0.1, 0.15) is 5.56 Å². The predicted octanol–water partition coefficient (Wildman–Crippen LogP) is 6.09. The summed E-state index contributed by atoms with van der Waals surface area (Å²) < 4.78 is 1.60. The van der Waals surface area contributed by atoms with E-state index in [1.807, 2.05) is 104 Å². The maximum Gasteiger partial charge on any atom is 0.266 e. The minimum absolute atomic E-state index is 0.111. The Kier molecular flexibility index (Phi) is 6.46. The minimum Gasteiger partial charge on any atom is -0.325 e. The number of carbonyl (C=O) groups excluding carboxylic acids is 1. The number of rotatable bonds is 6. The van der Waals surface area contributed by atoms with E-state index in [0.29, 0.717) is 16.1 Å². The Labute approximate surface area is 207 Å². The number of nitrogens with zero attached hydrogens (tertiary/aromatic N) is 2. The number of amides is 1. The van der Waals surface area contributed by atoms with Crippen LogP contribution in [0.4, 0.5) is 5.69 Å². The standard InChI is InChI=1S/C29H23N3O2S/c1-20-11-5-10-18-26(20)32-28(34)23-15-7-9-17-25(23)31-29(32)35-19-27(33)30-24-16-8-6-14-22(24)21-12-3-2-4-13-21/h2-18H,19H2,1H3,(H,30,33). The number of carbonyl (C=O) groups is 1. The molecule has 5 rings (SSSR count). The van der Waals surface area contributed by atoms with Crippen LogP contribution in [0.3, 0.4) is 0 Å². The normalized spacial score (nSPS) is 10.9. The van der Waals surface area contributed by atoms with E-state index in [9.17, 15) is 9.59 Å². The van der Waals surface area contributed by atoms with Gasteiger partial charge in [-0.25, -0.2) is 4.98 Å². The van der Waals surface area contributed by atoms with Crippen LogP contribution in [-0.2, 0) is 4.79 Å². The highest BCUT2D eigenvalue weighted by atomic mass is 32.2. The zero-order valence-corrected chi connectivity index (χ0v) is 20.0. The molecule has 5 aromatic rings. The van der Waals surface area contributed by atoms with Crippen molar-refractivity contribution in [3.05, 3.63) is 119 Å². The van der Waals surface area contributed by atoms with Crippen LogP contribution in [0.5, 0.6) is 0 Å². The largest absolute Gasteiger partial charge is 0.325 e. The summed E-state index contributed by atoms with van der Waals surface area (Å²) in [7, 11) is 0. The summed E-state index contributed by atoms with van der Waals surface area (Å²) >= 11 is 1.25. The molecule has 0 saturated heterocycles. The van der Waals surface area contributed by atoms with Crippen molar-refractivity contribution >= 4 is 34.3 Å². The summed E-state index contributed by atoms with van der Waals surface area (Å²) in [4.78, 5) is 31.2. The first-order valence-corrected chi connectivity index (χ1v) is 12.3. The molecule has 35 heavy (non-hydrogen) atoms. The molecule has 4 aromatic carbocycles. The molecular weight excluding hydrogens is 454 g/mol. The molecule has 1 heterocycles. The average Bonchev–Trinajstić information content (AvgIpc) is 2.89. The number of aryl methyl sites for hydroxylation is 1. The number of thioether (sulfide) groups is 1. The number of anilines is 1. The van der Waals surface area contributed by atoms with Gasteiger partial charge in [0.15, 0.2) is 5.16 Å². The fourth-order valence-corrected chi connectivity index (χ4v) is 4.82. The SMILES string of the molecule is Cc1ccccc1-n1c(SCC(=O)Nc2ccccc2-c2ccccc2)nc2ccccc2c1=O. The lowest BCUT2D eigenvalue weighted by Gasteiger charge is -2.15. The highest BCUT2D eigenvalue weighted by Crippen LogP contribution is 2.28. The van der Waals surface area contributed by atoms with Gasteiger partial charge in [-0.1, -0.05) is 90.6 Å². The molecule has 0 aliphatic rings. The number of fused-ring (bicyclic) bond motifs is 1. The third kappa shape index (κ3) is 4.74. The lowest BCUT2D eigenvalue weighted by molar-refractivity contribution is -0.113. The quantitative estimate of drug-likeness (QED) is 0.237. The molecule has 1 aromatic heterocycles. The van der Waals surface area contributed by atoms with Gasteiger partial charge in [0, 0.05) is 11.3 Å². The maximum atomic E-state index is 13.4. The fraction of sp³-hybridized carbons (Fsp3) is 0.0690. The van der Waals surface area contributed by atoms with Crippen LogP contribution in [0.2, 0.25) is 0 Å². The summed E-state index contributed by atoms with van der Waals surface area (Å²) in [6.07, 6.45) is 0. The molecule has 0 spiro atoms. The molecule has 1 amide bonds. The van der Waals surface area contributed by atoms with Gasteiger partial charge in [-0.05, 0) is 42.3 Å². The molecule has 0 saturated carbocycles. The summed E-state index contributed by atoms with van der Waals surface area (Å²) in [5, 5.41) is 4.05. The second-order valence-electron chi connectivity index (χ2n) is 8.09. The van der Waals surface area contributed by atoms with Crippen LogP contribution >= 0.6 is 11.8 Å². The molecule has 0 atom stereocenters. The Morgan fingerprint density at radius 1 is 0.857 bits per heavy atom. The summed E-state index contributed by atoms with van der Waals surface area (Å²) in [5.74, 6) is -0.0584. The van der Waals surface area contributed by atoms with Gasteiger partial charge < -0.3 is 5.32 Å². The molecule has 1 N–H and O–H groups in total. The molecule has 6 heteroatoms. The number of nitrogens with one attached hydrogen (secondary N) is 1. The van der Waals surface area contributed by atoms with Gasteiger partial charge in [-0.15, -0.1) is 0 Å². The summed E-state index contributed by atoms with van der Waals surface area (Å²) in [6.45, 7) is 1.96. The molecule has 0 unspecified atom stereocenters. The Morgan fingerprint density at radius 3 is 2.37 bits per heavy atom. The van der Waals surface area contributed by atoms with E-state index < -0.39 is 0 Å². The molecule has 172 valence electrons. The van der Waals surface area contributed by atoms with E-state index in [0.717, 1.165) is 28.1 Å². The smallest absolute Gasteiger partial charge is 0.266 e. The second-order valence-corrected chi connectivity index (χ2v) is 9.03. The third-order valence-corrected chi connectivity index (χ3v) is 6.66. The van der Waals surface area contributed by atoms with Crippen molar-refractivity contribution in [3.8, 4) is 16.8 Å². The van der Waals surface area contributed by atoms with Gasteiger partial charge in [0.25, 0.3) is 5.56 Å². The monoisotopic (exact) mass is 477 g/mol. The fourth-order valence-electron chi connectivity index (χ4n) is 4.01. The topological polar surface area (TPSA) is 64.0 Å². The van der Waals surface area contributed by atoms with Crippen molar-refractivity contribution < 1.29 is 4.79 Å². The van der Waals surface area contributed by atoms with Gasteiger partial charge in [-0.2, -0.15) is 0 Å². The molecule has 0 aliphatic carbocycles. The van der Waals surface area contributed by atoms with Gasteiger partial charge in [0.2, 0.25) is 5.91 Å². The predicted molar refractivity (Wildman–Crippen MR) is 143 cm³/mol. The molecule has 0 fully saturated rings. The minimum atomic E-state index is -0.169. The van der Waals surface area contributed by atoms with Crippen LogP contribution in [0.25, 0.3) is 27.7 Å². The van der Waals surface area contributed by atoms with Crippen molar-refractivity contribution in [1.82, 2.24) is 9.55 Å². The van der Waals surface area contributed by atoms with E-state index in [4.69, 9.17) is 4.98 Å². The number of hydrogen-bond donors (Lipinski definition) is 1. The Bertz CT molecular complexity index is 1580. The van der Waals surface area contributed by atoms with Crippen molar-refractivity contribution in [2.45, 2.75) is 12.1 Å². The molecule has 0 radical (unpaired) electrons. The molecule has 0 aliphatic heterocycles. The lowest BCUT2D eigenvalue weighted by atomic mass is 10.0. The number of para-hydroxylation sites is 3. The molecular formula is C29H23N3O2S. The van der Waals surface area contributed by atoms with Crippen molar-refractivity contribution in [2.24, 2.45) is 0 Å². The van der Waals surface area contributed by atoms with Gasteiger partial charge in [-0.3, -0.25) is 14.2 Å². The van der Waals surface area contributed by atoms with E-state index in [-0.39, 0.29) is 17.2 Å². The van der Waals surface area contributed by atoms with E-state index in [1.54, 1.807) is 10.6 Å². The first kappa shape index (κ1) is 22.6. The Hall–Kier alpha value is -4.16. The summed E-state index contributed by atoms with van der Waals surface area (Å²) in [6, 6.07) is 32.6. The zero-order valence-electron chi connectivity index (χ0n) is 19.1. The highest BCUT2D eigenvalue weighted by Gasteiger charge is 2.16. The Balaban J connectivity index is 1.45. The van der Waals surface area contributed by atoms with Gasteiger partial charge in [0.05, 0.1) is 22.3 Å². The average molecular weight is 478 g/mol. The number of benzene rings is 4. The van der Waals surface area contributed by atoms with Crippen molar-refractivity contribution in [2.75, 3.05) is 11.1 Å². The number of hydrogen-bond acceptors (Lipinski definition) is 4. The lowest BCUT2D eigenvalue weighted by Crippen LogP contribution is -2.23. The zero-order chi connectivity index (χ0) is 24.2. The van der Waals surface area contributed by atoms with Crippen LogP contribution < -0.4 is 10.9 Å². The van der Waals surface area contributed by atoms with Gasteiger partial charge in [0.1, 0.15) is 0 Å². The Morgan fingerprint density at radius 2 is 1.54 bits per heavy atom. The van der Waals surface area contributed by atoms with E-state index in [1.165, 1.54) is 11.8 Å².